The van der Waals surface area contributed by atoms with Crippen molar-refractivity contribution in [2.24, 2.45) is 5.73 Å². The third kappa shape index (κ3) is 1.85. The van der Waals surface area contributed by atoms with Gasteiger partial charge in [0.1, 0.15) is 0 Å². The van der Waals surface area contributed by atoms with Crippen LogP contribution in [-0.2, 0) is 17.5 Å². The molecular formula is C10H10F3NO. The molecule has 0 fully saturated rings. The van der Waals surface area contributed by atoms with Crippen LogP contribution < -0.4 is 5.73 Å². The lowest BCUT2D eigenvalue weighted by molar-refractivity contribution is -0.139. The number of hydrogen-bond donors (Lipinski definition) is 1. The molecule has 82 valence electrons. The van der Waals surface area contributed by atoms with Crippen LogP contribution in [0.3, 0.4) is 0 Å². The van der Waals surface area contributed by atoms with Gasteiger partial charge in [-0.1, -0.05) is 12.1 Å². The van der Waals surface area contributed by atoms with Gasteiger partial charge in [-0.15, -0.1) is 0 Å². The molecule has 0 saturated carbocycles. The minimum atomic E-state index is -4.34. The summed E-state index contributed by atoms with van der Waals surface area (Å²) in [6, 6.07) is 3.60. The maximum atomic E-state index is 12.6. The van der Waals surface area contributed by atoms with Gasteiger partial charge in [0.05, 0.1) is 24.8 Å². The minimum Gasteiger partial charge on any atom is -0.375 e. The number of alkyl halides is 3. The van der Waals surface area contributed by atoms with Gasteiger partial charge in [0.25, 0.3) is 0 Å². The largest absolute Gasteiger partial charge is 0.416 e. The second kappa shape index (κ2) is 3.50. The van der Waals surface area contributed by atoms with E-state index in [2.05, 4.69) is 0 Å². The van der Waals surface area contributed by atoms with Gasteiger partial charge in [0, 0.05) is 0 Å². The fourth-order valence-corrected chi connectivity index (χ4v) is 1.76. The Hall–Kier alpha value is -1.07. The van der Waals surface area contributed by atoms with Gasteiger partial charge in [-0.2, -0.15) is 13.2 Å². The molecule has 2 N–H and O–H groups in total. The summed E-state index contributed by atoms with van der Waals surface area (Å²) in [5, 5.41) is 0. The molecule has 2 rings (SSSR count). The first-order valence-corrected chi connectivity index (χ1v) is 4.52. The average molecular weight is 217 g/mol. The van der Waals surface area contributed by atoms with Gasteiger partial charge in [-0.3, -0.25) is 0 Å². The normalized spacial score (nSPS) is 21.2. The summed E-state index contributed by atoms with van der Waals surface area (Å²) in [6.45, 7) is 0.257. The van der Waals surface area contributed by atoms with Gasteiger partial charge in [0.2, 0.25) is 0 Å². The number of halogens is 3. The predicted octanol–water partition coefficient (Wildman–Crippen LogP) is 2.24. The minimum absolute atomic E-state index is 0.0152. The molecule has 2 nitrogen and oxygen atoms in total. The predicted molar refractivity (Wildman–Crippen MR) is 48.0 cm³/mol. The molecule has 1 aliphatic heterocycles. The smallest absolute Gasteiger partial charge is 0.375 e. The van der Waals surface area contributed by atoms with Crippen molar-refractivity contribution in [1.29, 1.82) is 0 Å². The van der Waals surface area contributed by atoms with Crippen LogP contribution in [0, 0.1) is 0 Å². The highest BCUT2D eigenvalue weighted by Crippen LogP contribution is 2.36. The summed E-state index contributed by atoms with van der Waals surface area (Å²) >= 11 is 0. The molecule has 0 spiro atoms. The Bertz CT molecular complexity index is 375. The van der Waals surface area contributed by atoms with Crippen molar-refractivity contribution in [2.75, 3.05) is 6.61 Å². The lowest BCUT2D eigenvalue weighted by Gasteiger charge is -2.25. The van der Waals surface area contributed by atoms with E-state index in [1.165, 1.54) is 6.07 Å². The Morgan fingerprint density at radius 3 is 2.73 bits per heavy atom. The summed E-state index contributed by atoms with van der Waals surface area (Å²) in [5.41, 5.74) is 5.73. The van der Waals surface area contributed by atoms with Crippen molar-refractivity contribution in [1.82, 2.24) is 0 Å². The van der Waals surface area contributed by atoms with Gasteiger partial charge in [0.15, 0.2) is 0 Å². The Balaban J connectivity index is 2.54. The van der Waals surface area contributed by atoms with Crippen molar-refractivity contribution in [3.05, 3.63) is 34.9 Å². The zero-order valence-electron chi connectivity index (χ0n) is 7.84. The Morgan fingerprint density at radius 2 is 2.07 bits per heavy atom. The Morgan fingerprint density at radius 1 is 1.33 bits per heavy atom. The molecular weight excluding hydrogens is 207 g/mol. The molecule has 0 amide bonds. The van der Waals surface area contributed by atoms with Crippen LogP contribution in [0.1, 0.15) is 22.7 Å². The molecule has 1 aliphatic rings. The van der Waals surface area contributed by atoms with Crippen LogP contribution >= 0.6 is 0 Å². The van der Waals surface area contributed by atoms with E-state index in [0.717, 1.165) is 6.07 Å². The van der Waals surface area contributed by atoms with Crippen molar-refractivity contribution < 1.29 is 17.9 Å². The maximum absolute atomic E-state index is 12.6. The van der Waals surface area contributed by atoms with E-state index in [9.17, 15) is 13.2 Å². The molecule has 1 atom stereocenters. The molecule has 1 aromatic carbocycles. The highest BCUT2D eigenvalue weighted by Gasteiger charge is 2.35. The summed E-state index contributed by atoms with van der Waals surface area (Å²) in [5.74, 6) is 0. The highest BCUT2D eigenvalue weighted by molar-refractivity contribution is 5.39. The first kappa shape index (κ1) is 10.4. The van der Waals surface area contributed by atoms with Crippen LogP contribution in [0.5, 0.6) is 0 Å². The summed E-state index contributed by atoms with van der Waals surface area (Å²) in [7, 11) is 0. The number of nitrogens with two attached hydrogens (primary N) is 1. The fourth-order valence-electron chi connectivity index (χ4n) is 1.76. The van der Waals surface area contributed by atoms with Gasteiger partial charge >= 0.3 is 6.18 Å². The zero-order chi connectivity index (χ0) is 11.1. The summed E-state index contributed by atoms with van der Waals surface area (Å²) in [4.78, 5) is 0. The average Bonchev–Trinajstić information content (AvgIpc) is 2.16. The van der Waals surface area contributed by atoms with E-state index in [4.69, 9.17) is 10.5 Å². The maximum Gasteiger partial charge on any atom is 0.416 e. The quantitative estimate of drug-likeness (QED) is 0.723. The fraction of sp³-hybridized carbons (Fsp3) is 0.400. The molecule has 0 saturated heterocycles. The van der Waals surface area contributed by atoms with Gasteiger partial charge < -0.3 is 10.5 Å². The molecule has 0 bridgehead atoms. The molecule has 0 aromatic heterocycles. The molecule has 0 unspecified atom stereocenters. The Labute approximate surface area is 84.8 Å². The van der Waals surface area contributed by atoms with E-state index in [1.807, 2.05) is 0 Å². The van der Waals surface area contributed by atoms with E-state index < -0.39 is 17.8 Å². The van der Waals surface area contributed by atoms with Crippen LogP contribution in [0.25, 0.3) is 0 Å². The van der Waals surface area contributed by atoms with Crippen LogP contribution in [0.4, 0.5) is 13.2 Å². The van der Waals surface area contributed by atoms with Crippen LogP contribution in [0.15, 0.2) is 18.2 Å². The molecule has 15 heavy (non-hydrogen) atoms. The van der Waals surface area contributed by atoms with Crippen molar-refractivity contribution >= 4 is 0 Å². The standard InChI is InChI=1S/C10H10F3NO/c11-10(12,13)8-3-1-2-6-7(8)4-15-5-9(6)14/h1-3,9H,4-5,14H2/t9-/m1/s1. The van der Waals surface area contributed by atoms with Crippen molar-refractivity contribution in [2.45, 2.75) is 18.8 Å². The second-order valence-corrected chi connectivity index (χ2v) is 3.49. The first-order chi connectivity index (χ1) is 7.00. The van der Waals surface area contributed by atoms with E-state index in [-0.39, 0.29) is 18.8 Å². The molecule has 1 aromatic rings. The zero-order valence-corrected chi connectivity index (χ0v) is 7.84. The molecule has 1 heterocycles. The number of benzene rings is 1. The first-order valence-electron chi connectivity index (χ1n) is 4.52. The molecule has 0 aliphatic carbocycles. The summed E-state index contributed by atoms with van der Waals surface area (Å²) in [6.07, 6.45) is -4.34. The van der Waals surface area contributed by atoms with E-state index in [1.54, 1.807) is 6.07 Å². The number of hydrogen-bond acceptors (Lipinski definition) is 2. The van der Waals surface area contributed by atoms with Gasteiger partial charge in [-0.05, 0) is 17.2 Å². The van der Waals surface area contributed by atoms with Gasteiger partial charge in [-0.25, -0.2) is 0 Å². The Kier molecular flexibility index (Phi) is 2.44. The SMILES string of the molecule is N[C@@H]1COCc2c1cccc2C(F)(F)F. The number of ether oxygens (including phenoxy) is 1. The third-order valence-corrected chi connectivity index (χ3v) is 2.46. The molecule has 5 heteroatoms. The highest BCUT2D eigenvalue weighted by atomic mass is 19.4. The van der Waals surface area contributed by atoms with Crippen molar-refractivity contribution in [3.63, 3.8) is 0 Å². The topological polar surface area (TPSA) is 35.2 Å². The summed E-state index contributed by atoms with van der Waals surface area (Å²) < 4.78 is 42.8. The lowest BCUT2D eigenvalue weighted by Crippen LogP contribution is -2.26. The van der Waals surface area contributed by atoms with Crippen molar-refractivity contribution in [3.8, 4) is 0 Å². The number of fused-ring (bicyclic) bond motifs is 1. The lowest BCUT2D eigenvalue weighted by atomic mass is 9.95. The third-order valence-electron chi connectivity index (χ3n) is 2.46. The second-order valence-electron chi connectivity index (χ2n) is 3.49. The molecule has 0 radical (unpaired) electrons. The van der Waals surface area contributed by atoms with Crippen LogP contribution in [0.2, 0.25) is 0 Å². The van der Waals surface area contributed by atoms with E-state index in [0.29, 0.717) is 5.56 Å². The van der Waals surface area contributed by atoms with E-state index >= 15 is 0 Å². The monoisotopic (exact) mass is 217 g/mol. The number of rotatable bonds is 0. The van der Waals surface area contributed by atoms with Crippen LogP contribution in [-0.4, -0.2) is 6.61 Å².